The summed E-state index contributed by atoms with van der Waals surface area (Å²) < 4.78 is 2.05. The van der Waals surface area contributed by atoms with E-state index in [0.29, 0.717) is 6.04 Å². The third-order valence-electron chi connectivity index (χ3n) is 3.45. The first-order chi connectivity index (χ1) is 8.13. The molecule has 1 aliphatic rings. The van der Waals surface area contributed by atoms with Crippen LogP contribution in [0.25, 0.3) is 0 Å². The lowest BCUT2D eigenvalue weighted by Crippen LogP contribution is -2.39. The summed E-state index contributed by atoms with van der Waals surface area (Å²) in [6.07, 6.45) is 4.29. The molecule has 0 aliphatic heterocycles. The number of carbonyl (C=O) groups excluding carboxylic acids is 1. The first kappa shape index (κ1) is 12.2. The molecule has 1 aliphatic carbocycles. The molecule has 0 bridgehead atoms. The van der Waals surface area contributed by atoms with E-state index in [-0.39, 0.29) is 24.5 Å². The van der Waals surface area contributed by atoms with Crippen molar-refractivity contribution in [2.75, 3.05) is 6.61 Å². The van der Waals surface area contributed by atoms with Gasteiger partial charge in [-0.05, 0) is 37.8 Å². The number of nitrogens with zero attached hydrogens (tertiary/aromatic N) is 1. The van der Waals surface area contributed by atoms with Crippen molar-refractivity contribution < 1.29 is 9.90 Å². The molecule has 1 aromatic heterocycles. The first-order valence-electron chi connectivity index (χ1n) is 6.22. The van der Waals surface area contributed by atoms with Crippen LogP contribution in [0, 0.1) is 5.92 Å². The van der Waals surface area contributed by atoms with Crippen LogP contribution < -0.4 is 5.32 Å². The largest absolute Gasteiger partial charge is 0.396 e. The Morgan fingerprint density at radius 1 is 1.59 bits per heavy atom. The fourth-order valence-electron chi connectivity index (χ4n) is 1.84. The molecule has 0 saturated heterocycles. The van der Waals surface area contributed by atoms with E-state index < -0.39 is 0 Å². The van der Waals surface area contributed by atoms with Gasteiger partial charge in [0.1, 0.15) is 5.69 Å². The first-order valence-corrected chi connectivity index (χ1v) is 6.22. The maximum atomic E-state index is 12.1. The molecule has 0 spiro atoms. The van der Waals surface area contributed by atoms with Crippen LogP contribution in [-0.2, 0) is 0 Å². The summed E-state index contributed by atoms with van der Waals surface area (Å²) in [5.41, 5.74) is 0.726. The summed E-state index contributed by atoms with van der Waals surface area (Å²) in [5, 5.41) is 12.0. The summed E-state index contributed by atoms with van der Waals surface area (Å²) in [4.78, 5) is 12.1. The average molecular weight is 236 g/mol. The highest BCUT2D eigenvalue weighted by Crippen LogP contribution is 2.35. The van der Waals surface area contributed by atoms with Crippen LogP contribution >= 0.6 is 0 Å². The molecule has 4 heteroatoms. The van der Waals surface area contributed by atoms with Gasteiger partial charge in [-0.15, -0.1) is 0 Å². The number of amides is 1. The Hall–Kier alpha value is -1.29. The molecule has 4 nitrogen and oxygen atoms in total. The number of carbonyl (C=O) groups is 1. The second-order valence-corrected chi connectivity index (χ2v) is 4.95. The van der Waals surface area contributed by atoms with Crippen molar-refractivity contribution in [2.24, 2.45) is 5.92 Å². The zero-order chi connectivity index (χ0) is 12.4. The van der Waals surface area contributed by atoms with E-state index in [1.807, 2.05) is 36.7 Å². The van der Waals surface area contributed by atoms with Gasteiger partial charge in [0.2, 0.25) is 0 Å². The van der Waals surface area contributed by atoms with Gasteiger partial charge >= 0.3 is 0 Å². The lowest BCUT2D eigenvalue weighted by Gasteiger charge is -2.19. The monoisotopic (exact) mass is 236 g/mol. The van der Waals surface area contributed by atoms with Crippen molar-refractivity contribution in [1.29, 1.82) is 0 Å². The molecule has 94 valence electrons. The minimum atomic E-state index is -0.0466. The van der Waals surface area contributed by atoms with Crippen molar-refractivity contribution in [3.05, 3.63) is 24.0 Å². The normalized spacial score (nSPS) is 18.8. The van der Waals surface area contributed by atoms with Crippen LogP contribution in [0.3, 0.4) is 0 Å². The lowest BCUT2D eigenvalue weighted by atomic mass is 10.1. The van der Waals surface area contributed by atoms with E-state index in [4.69, 9.17) is 5.11 Å². The molecular formula is C13H20N2O2. The molecule has 0 aromatic carbocycles. The van der Waals surface area contributed by atoms with Gasteiger partial charge in [-0.2, -0.15) is 0 Å². The molecule has 2 unspecified atom stereocenters. The molecule has 1 aromatic rings. The Labute approximate surface area is 102 Å². The Morgan fingerprint density at radius 3 is 2.88 bits per heavy atom. The Kier molecular flexibility index (Phi) is 3.52. The Bertz CT molecular complexity index is 396. The van der Waals surface area contributed by atoms with Gasteiger partial charge < -0.3 is 15.0 Å². The van der Waals surface area contributed by atoms with Gasteiger partial charge in [-0.25, -0.2) is 0 Å². The quantitative estimate of drug-likeness (QED) is 0.815. The lowest BCUT2D eigenvalue weighted by molar-refractivity contribution is 0.0906. The van der Waals surface area contributed by atoms with Gasteiger partial charge in [0, 0.05) is 24.9 Å². The van der Waals surface area contributed by atoms with E-state index in [1.54, 1.807) is 0 Å². The van der Waals surface area contributed by atoms with Crippen molar-refractivity contribution in [3.8, 4) is 0 Å². The fraction of sp³-hybridized carbons (Fsp3) is 0.615. The Morgan fingerprint density at radius 2 is 2.29 bits per heavy atom. The molecule has 2 atom stereocenters. The van der Waals surface area contributed by atoms with E-state index in [9.17, 15) is 4.79 Å². The maximum absolute atomic E-state index is 12.1. The standard InChI is InChI=1S/C13H20N2O2/c1-9(8-16)10(2)14-13(17)12-4-3-7-15(12)11-5-6-11/h3-4,7,9-11,16H,5-6,8H2,1-2H3,(H,14,17). The molecule has 17 heavy (non-hydrogen) atoms. The summed E-state index contributed by atoms with van der Waals surface area (Å²) in [6, 6.07) is 4.25. The fourth-order valence-corrected chi connectivity index (χ4v) is 1.84. The molecule has 1 saturated carbocycles. The smallest absolute Gasteiger partial charge is 0.268 e. The third kappa shape index (κ3) is 2.69. The summed E-state index contributed by atoms with van der Waals surface area (Å²) in [6.45, 7) is 3.93. The molecule has 1 heterocycles. The number of hydrogen-bond donors (Lipinski definition) is 2. The van der Waals surface area contributed by atoms with E-state index in [1.165, 1.54) is 0 Å². The molecule has 1 fully saturated rings. The van der Waals surface area contributed by atoms with Crippen molar-refractivity contribution >= 4 is 5.91 Å². The second kappa shape index (κ2) is 4.92. The summed E-state index contributed by atoms with van der Waals surface area (Å²) in [7, 11) is 0. The minimum Gasteiger partial charge on any atom is -0.396 e. The van der Waals surface area contributed by atoms with Gasteiger partial charge in [0.15, 0.2) is 0 Å². The minimum absolute atomic E-state index is 0.0185. The summed E-state index contributed by atoms with van der Waals surface area (Å²) >= 11 is 0. The number of aromatic nitrogens is 1. The topological polar surface area (TPSA) is 54.3 Å². The van der Waals surface area contributed by atoms with Crippen molar-refractivity contribution in [2.45, 2.75) is 38.8 Å². The SMILES string of the molecule is CC(CO)C(C)NC(=O)c1cccn1C1CC1. The molecular weight excluding hydrogens is 216 g/mol. The zero-order valence-corrected chi connectivity index (χ0v) is 10.4. The van der Waals surface area contributed by atoms with Crippen molar-refractivity contribution in [3.63, 3.8) is 0 Å². The van der Waals surface area contributed by atoms with Crippen LogP contribution in [0.15, 0.2) is 18.3 Å². The molecule has 1 amide bonds. The second-order valence-electron chi connectivity index (χ2n) is 4.95. The predicted octanol–water partition coefficient (Wildman–Crippen LogP) is 1.57. The van der Waals surface area contributed by atoms with Crippen LogP contribution in [0.5, 0.6) is 0 Å². The van der Waals surface area contributed by atoms with Crippen LogP contribution in [0.4, 0.5) is 0 Å². The molecule has 2 N–H and O–H groups in total. The van der Waals surface area contributed by atoms with E-state index in [0.717, 1.165) is 18.5 Å². The van der Waals surface area contributed by atoms with Crippen LogP contribution in [0.1, 0.15) is 43.2 Å². The van der Waals surface area contributed by atoms with Crippen LogP contribution in [-0.4, -0.2) is 28.2 Å². The number of nitrogens with one attached hydrogen (secondary N) is 1. The Balaban J connectivity index is 2.01. The highest BCUT2D eigenvalue weighted by Gasteiger charge is 2.27. The highest BCUT2D eigenvalue weighted by atomic mass is 16.3. The van der Waals surface area contributed by atoms with Crippen LogP contribution in [0.2, 0.25) is 0 Å². The number of aliphatic hydroxyl groups excluding tert-OH is 1. The number of aliphatic hydroxyl groups is 1. The third-order valence-corrected chi connectivity index (χ3v) is 3.45. The van der Waals surface area contributed by atoms with Gasteiger partial charge in [-0.1, -0.05) is 6.92 Å². The summed E-state index contributed by atoms with van der Waals surface area (Å²) in [5.74, 6) is 0.0259. The molecule has 2 rings (SSSR count). The van der Waals surface area contributed by atoms with E-state index >= 15 is 0 Å². The van der Waals surface area contributed by atoms with Gasteiger partial charge in [0.05, 0.1) is 0 Å². The van der Waals surface area contributed by atoms with Crippen molar-refractivity contribution in [1.82, 2.24) is 9.88 Å². The van der Waals surface area contributed by atoms with Gasteiger partial charge in [0.25, 0.3) is 5.91 Å². The van der Waals surface area contributed by atoms with E-state index in [2.05, 4.69) is 5.32 Å². The average Bonchev–Trinajstić information content (AvgIpc) is 3.05. The highest BCUT2D eigenvalue weighted by molar-refractivity contribution is 5.93. The van der Waals surface area contributed by atoms with Gasteiger partial charge in [-0.3, -0.25) is 4.79 Å². The zero-order valence-electron chi connectivity index (χ0n) is 10.4. The predicted molar refractivity (Wildman–Crippen MR) is 65.9 cm³/mol. The number of rotatable bonds is 5. The molecule has 0 radical (unpaired) electrons. The maximum Gasteiger partial charge on any atom is 0.268 e. The number of hydrogen-bond acceptors (Lipinski definition) is 2.